The van der Waals surface area contributed by atoms with E-state index in [1.807, 2.05) is 11.0 Å². The number of amides is 1. The summed E-state index contributed by atoms with van der Waals surface area (Å²) in [4.78, 5) is 14.6. The van der Waals surface area contributed by atoms with Gasteiger partial charge in [-0.2, -0.15) is 0 Å². The van der Waals surface area contributed by atoms with Crippen LogP contribution in [0.25, 0.3) is 0 Å². The van der Waals surface area contributed by atoms with Crippen LogP contribution in [0, 0.1) is 17.8 Å². The van der Waals surface area contributed by atoms with E-state index in [-0.39, 0.29) is 11.7 Å². The third kappa shape index (κ3) is 4.07. The molecule has 4 rings (SSSR count). The number of nitrogens with zero attached hydrogens (tertiary/aromatic N) is 1. The Bertz CT molecular complexity index is 627. The van der Waals surface area contributed by atoms with E-state index in [9.17, 15) is 9.90 Å². The minimum Gasteiger partial charge on any atom is -0.508 e. The molecule has 142 valence electrons. The van der Waals surface area contributed by atoms with Gasteiger partial charge in [-0.15, -0.1) is 0 Å². The van der Waals surface area contributed by atoms with E-state index >= 15 is 0 Å². The van der Waals surface area contributed by atoms with Gasteiger partial charge in [0.2, 0.25) is 0 Å². The molecular formula is C23H33NO2. The van der Waals surface area contributed by atoms with Crippen LogP contribution in [-0.4, -0.2) is 22.5 Å². The summed E-state index contributed by atoms with van der Waals surface area (Å²) in [5.41, 5.74) is 1.76. The summed E-state index contributed by atoms with van der Waals surface area (Å²) in [7, 11) is 0. The lowest BCUT2D eigenvalue weighted by molar-refractivity contribution is 0.0727. The lowest BCUT2D eigenvalue weighted by Gasteiger charge is -2.32. The fourth-order valence-corrected chi connectivity index (χ4v) is 5.46. The van der Waals surface area contributed by atoms with Gasteiger partial charge in [-0.3, -0.25) is 4.79 Å². The Hall–Kier alpha value is -1.51. The molecule has 3 aliphatic rings. The van der Waals surface area contributed by atoms with Crippen molar-refractivity contribution in [2.75, 3.05) is 6.54 Å². The molecule has 1 heterocycles. The molecule has 0 saturated heterocycles. The number of carbonyl (C=O) groups is 1. The lowest BCUT2D eigenvalue weighted by atomic mass is 9.77. The largest absolute Gasteiger partial charge is 0.508 e. The van der Waals surface area contributed by atoms with Crippen molar-refractivity contribution in [3.63, 3.8) is 0 Å². The molecule has 3 heteroatoms. The highest BCUT2D eigenvalue weighted by molar-refractivity contribution is 5.98. The van der Waals surface area contributed by atoms with E-state index in [0.717, 1.165) is 30.5 Å². The minimum atomic E-state index is 0.107. The predicted octanol–water partition coefficient (Wildman–Crippen LogP) is 5.51. The van der Waals surface area contributed by atoms with Crippen molar-refractivity contribution in [2.45, 2.75) is 77.2 Å². The molecule has 1 amide bonds. The summed E-state index contributed by atoms with van der Waals surface area (Å²) < 4.78 is 0. The van der Waals surface area contributed by atoms with Crippen LogP contribution >= 0.6 is 0 Å². The molecule has 2 fully saturated rings. The molecule has 0 atom stereocenters. The van der Waals surface area contributed by atoms with E-state index in [1.54, 1.807) is 12.1 Å². The van der Waals surface area contributed by atoms with Crippen molar-refractivity contribution in [1.29, 1.82) is 0 Å². The third-order valence-electron chi connectivity index (χ3n) is 7.13. The summed E-state index contributed by atoms with van der Waals surface area (Å²) >= 11 is 0. The molecule has 1 aliphatic heterocycles. The van der Waals surface area contributed by atoms with Crippen molar-refractivity contribution < 1.29 is 9.90 Å². The van der Waals surface area contributed by atoms with Crippen LogP contribution in [0.4, 0.5) is 0 Å². The highest BCUT2D eigenvalue weighted by atomic mass is 16.3. The highest BCUT2D eigenvalue weighted by Crippen LogP contribution is 2.36. The normalized spacial score (nSPS) is 26.9. The zero-order valence-corrected chi connectivity index (χ0v) is 16.0. The Kier molecular flexibility index (Phi) is 5.52. The van der Waals surface area contributed by atoms with E-state index < -0.39 is 0 Å². The van der Waals surface area contributed by atoms with Gasteiger partial charge in [0, 0.05) is 18.7 Å². The number of hydrogen-bond donors (Lipinski definition) is 1. The molecule has 0 spiro atoms. The Labute approximate surface area is 157 Å². The Morgan fingerprint density at radius 1 is 0.885 bits per heavy atom. The number of carbonyl (C=O) groups excluding carboxylic acids is 1. The maximum absolute atomic E-state index is 12.6. The average molecular weight is 356 g/mol. The molecule has 0 unspecified atom stereocenters. The first-order valence-corrected chi connectivity index (χ1v) is 10.8. The number of aromatic hydroxyl groups is 1. The van der Waals surface area contributed by atoms with Gasteiger partial charge < -0.3 is 10.0 Å². The van der Waals surface area contributed by atoms with Crippen LogP contribution in [0.5, 0.6) is 5.75 Å². The van der Waals surface area contributed by atoms with Gasteiger partial charge in [0.05, 0.1) is 0 Å². The zero-order valence-electron chi connectivity index (χ0n) is 16.0. The first-order chi connectivity index (χ1) is 12.7. The number of hydrogen-bond acceptors (Lipinski definition) is 2. The SMILES string of the molecule is O=C1c2cc(O)ccc2CN1C[C@H]1CC[C@H](CCC2CCCCC2)CC1. The Morgan fingerprint density at radius 3 is 2.27 bits per heavy atom. The monoisotopic (exact) mass is 355 g/mol. The maximum atomic E-state index is 12.6. The second-order valence-corrected chi connectivity index (χ2v) is 9.00. The summed E-state index contributed by atoms with van der Waals surface area (Å²) in [5.74, 6) is 2.90. The van der Waals surface area contributed by atoms with Crippen molar-refractivity contribution in [2.24, 2.45) is 17.8 Å². The molecule has 0 aromatic heterocycles. The van der Waals surface area contributed by atoms with E-state index in [4.69, 9.17) is 0 Å². The molecule has 1 aromatic rings. The van der Waals surface area contributed by atoms with Gasteiger partial charge in [-0.25, -0.2) is 0 Å². The highest BCUT2D eigenvalue weighted by Gasteiger charge is 2.31. The van der Waals surface area contributed by atoms with Gasteiger partial charge in [0.25, 0.3) is 5.91 Å². The summed E-state index contributed by atoms with van der Waals surface area (Å²) in [6.07, 6.45) is 15.5. The molecule has 26 heavy (non-hydrogen) atoms. The second kappa shape index (κ2) is 8.02. The third-order valence-corrected chi connectivity index (χ3v) is 7.13. The second-order valence-electron chi connectivity index (χ2n) is 9.00. The summed E-state index contributed by atoms with van der Waals surface area (Å²) in [5, 5.41) is 9.62. The number of fused-ring (bicyclic) bond motifs is 1. The zero-order chi connectivity index (χ0) is 17.9. The fraction of sp³-hybridized carbons (Fsp3) is 0.696. The summed E-state index contributed by atoms with van der Waals surface area (Å²) in [6, 6.07) is 5.21. The van der Waals surface area contributed by atoms with Gasteiger partial charge in [-0.1, -0.05) is 63.9 Å². The molecule has 0 radical (unpaired) electrons. The molecule has 2 aliphatic carbocycles. The molecule has 3 nitrogen and oxygen atoms in total. The topological polar surface area (TPSA) is 40.5 Å². The van der Waals surface area contributed by atoms with E-state index in [2.05, 4.69) is 0 Å². The lowest BCUT2D eigenvalue weighted by Crippen LogP contribution is -2.32. The van der Waals surface area contributed by atoms with Gasteiger partial charge in [-0.05, 0) is 48.3 Å². The van der Waals surface area contributed by atoms with Crippen LogP contribution in [0.2, 0.25) is 0 Å². The minimum absolute atomic E-state index is 0.107. The maximum Gasteiger partial charge on any atom is 0.254 e. The van der Waals surface area contributed by atoms with Crippen LogP contribution < -0.4 is 0 Å². The van der Waals surface area contributed by atoms with Gasteiger partial charge in [0.1, 0.15) is 5.75 Å². The standard InChI is InChI=1S/C23H33NO2/c25-21-13-12-20-16-24(23(26)22(20)14-21)15-19-10-8-18(9-11-19)7-6-17-4-2-1-3-5-17/h12-14,17-19,25H,1-11,15-16H2/t18-,19-. The molecule has 1 aromatic carbocycles. The number of benzene rings is 1. The smallest absolute Gasteiger partial charge is 0.254 e. The number of phenolic OH excluding ortho intramolecular Hbond substituents is 1. The van der Waals surface area contributed by atoms with Crippen molar-refractivity contribution >= 4 is 5.91 Å². The molecule has 0 bridgehead atoms. The average Bonchev–Trinajstić information content (AvgIpc) is 2.97. The van der Waals surface area contributed by atoms with Crippen LogP contribution in [0.1, 0.15) is 86.6 Å². The quantitative estimate of drug-likeness (QED) is 0.756. The van der Waals surface area contributed by atoms with E-state index in [1.165, 1.54) is 70.6 Å². The number of rotatable bonds is 5. The van der Waals surface area contributed by atoms with E-state index in [0.29, 0.717) is 11.5 Å². The molecular weight excluding hydrogens is 322 g/mol. The van der Waals surface area contributed by atoms with Crippen molar-refractivity contribution in [3.05, 3.63) is 29.3 Å². The summed E-state index contributed by atoms with van der Waals surface area (Å²) in [6.45, 7) is 1.61. The molecule has 2 saturated carbocycles. The van der Waals surface area contributed by atoms with Crippen molar-refractivity contribution in [1.82, 2.24) is 4.90 Å². The Morgan fingerprint density at radius 2 is 1.54 bits per heavy atom. The number of phenols is 1. The van der Waals surface area contributed by atoms with Gasteiger partial charge >= 0.3 is 0 Å². The van der Waals surface area contributed by atoms with Crippen LogP contribution in [0.3, 0.4) is 0 Å². The predicted molar refractivity (Wildman–Crippen MR) is 104 cm³/mol. The van der Waals surface area contributed by atoms with Crippen LogP contribution in [0.15, 0.2) is 18.2 Å². The van der Waals surface area contributed by atoms with Gasteiger partial charge in [0.15, 0.2) is 0 Å². The Balaban J connectivity index is 1.21. The molecule has 1 N–H and O–H groups in total. The van der Waals surface area contributed by atoms with Crippen molar-refractivity contribution in [3.8, 4) is 5.75 Å². The first kappa shape index (κ1) is 17.9. The first-order valence-electron chi connectivity index (χ1n) is 10.8. The fourth-order valence-electron chi connectivity index (χ4n) is 5.46. The van der Waals surface area contributed by atoms with Crippen LogP contribution in [-0.2, 0) is 6.54 Å².